The Morgan fingerprint density at radius 2 is 1.96 bits per heavy atom. The zero-order valence-corrected chi connectivity index (χ0v) is 13.0. The van der Waals surface area contributed by atoms with Crippen molar-refractivity contribution in [2.75, 3.05) is 13.1 Å². The van der Waals surface area contributed by atoms with Gasteiger partial charge in [0.2, 0.25) is 0 Å². The molecule has 1 fully saturated rings. The van der Waals surface area contributed by atoms with Crippen LogP contribution in [0.4, 0.5) is 8.78 Å². The number of rotatable bonds is 2. The number of hydrogen-bond donors (Lipinski definition) is 1. The number of nitrogens with zero attached hydrogens (tertiary/aromatic N) is 2. The molecule has 0 atom stereocenters. The van der Waals surface area contributed by atoms with E-state index < -0.39 is 11.6 Å². The molecule has 0 unspecified atom stereocenters. The lowest BCUT2D eigenvalue weighted by molar-refractivity contribution is 0.0595. The lowest BCUT2D eigenvalue weighted by Crippen LogP contribution is -2.48. The van der Waals surface area contributed by atoms with Gasteiger partial charge in [-0.05, 0) is 42.8 Å². The molecule has 4 nitrogen and oxygen atoms in total. The van der Waals surface area contributed by atoms with E-state index in [1.165, 1.54) is 6.07 Å². The number of aryl methyl sites for hydroxylation is 1. The summed E-state index contributed by atoms with van der Waals surface area (Å²) < 4.78 is 26.2. The number of nitrogens with one attached hydrogen (secondary N) is 1. The molecule has 1 saturated heterocycles. The number of aromatic nitrogens is 2. The van der Waals surface area contributed by atoms with Crippen molar-refractivity contribution in [3.8, 4) is 0 Å². The van der Waals surface area contributed by atoms with Gasteiger partial charge in [-0.2, -0.15) is 0 Å². The minimum absolute atomic E-state index is 0.131. The summed E-state index contributed by atoms with van der Waals surface area (Å²) in [5.41, 5.74) is 3.20. The van der Waals surface area contributed by atoms with Crippen LogP contribution < -0.4 is 0 Å². The number of amides is 1. The quantitative estimate of drug-likeness (QED) is 0.784. The van der Waals surface area contributed by atoms with Crippen LogP contribution in [0.15, 0.2) is 36.4 Å². The van der Waals surface area contributed by atoms with Gasteiger partial charge in [0.1, 0.15) is 5.82 Å². The summed E-state index contributed by atoms with van der Waals surface area (Å²) in [5.74, 6) is -1.27. The van der Waals surface area contributed by atoms with Crippen molar-refractivity contribution >= 4 is 16.9 Å². The van der Waals surface area contributed by atoms with E-state index in [1.54, 1.807) is 4.90 Å². The normalized spacial score (nSPS) is 14.9. The standard InChI is InChI=1S/C18H15F2N3O/c1-10-2-5-15-16(6-10)22-17(21-15)12-8-23(9-12)18(24)11-3-4-13(19)14(20)7-11/h2-7,12H,8-9H2,1H3,(H,21,22). The number of fused-ring (bicyclic) bond motifs is 1. The number of carbonyl (C=O) groups is 1. The SMILES string of the molecule is Cc1ccc2nc(C3CN(C(=O)c4ccc(F)c(F)c4)C3)[nH]c2c1. The minimum atomic E-state index is -1.01. The second-order valence-electron chi connectivity index (χ2n) is 6.18. The van der Waals surface area contributed by atoms with Crippen molar-refractivity contribution in [3.05, 3.63) is 65.0 Å². The summed E-state index contributed by atoms with van der Waals surface area (Å²) in [5, 5.41) is 0. The smallest absolute Gasteiger partial charge is 0.254 e. The number of aromatic amines is 1. The fraction of sp³-hybridized carbons (Fsp3) is 0.222. The lowest BCUT2D eigenvalue weighted by Gasteiger charge is -2.38. The molecule has 2 aromatic carbocycles. The Bertz CT molecular complexity index is 945. The molecule has 0 saturated carbocycles. The molecule has 1 aliphatic heterocycles. The second kappa shape index (κ2) is 5.40. The number of likely N-dealkylation sites (tertiary alicyclic amines) is 1. The van der Waals surface area contributed by atoms with Crippen LogP contribution in [-0.4, -0.2) is 33.9 Å². The van der Waals surface area contributed by atoms with E-state index >= 15 is 0 Å². The number of benzene rings is 2. The highest BCUT2D eigenvalue weighted by Crippen LogP contribution is 2.28. The van der Waals surface area contributed by atoms with E-state index in [9.17, 15) is 13.6 Å². The van der Waals surface area contributed by atoms with Crippen LogP contribution >= 0.6 is 0 Å². The molecule has 0 aliphatic carbocycles. The van der Waals surface area contributed by atoms with Gasteiger partial charge in [-0.1, -0.05) is 6.07 Å². The van der Waals surface area contributed by atoms with Crippen molar-refractivity contribution in [1.82, 2.24) is 14.9 Å². The minimum Gasteiger partial charge on any atom is -0.342 e. The Kier molecular flexibility index (Phi) is 3.33. The maximum atomic E-state index is 13.3. The molecule has 1 N–H and O–H groups in total. The zero-order valence-electron chi connectivity index (χ0n) is 13.0. The molecule has 1 amide bonds. The Hall–Kier alpha value is -2.76. The molecule has 4 rings (SSSR count). The Labute approximate surface area is 137 Å². The monoisotopic (exact) mass is 327 g/mol. The Balaban J connectivity index is 1.48. The van der Waals surface area contributed by atoms with Crippen molar-refractivity contribution in [1.29, 1.82) is 0 Å². The maximum absolute atomic E-state index is 13.3. The van der Waals surface area contributed by atoms with E-state index in [0.717, 1.165) is 34.6 Å². The van der Waals surface area contributed by atoms with Gasteiger partial charge in [0.05, 0.1) is 17.0 Å². The molecule has 24 heavy (non-hydrogen) atoms. The summed E-state index contributed by atoms with van der Waals surface area (Å²) >= 11 is 0. The van der Waals surface area contributed by atoms with Crippen LogP contribution in [0.2, 0.25) is 0 Å². The predicted octanol–water partition coefficient (Wildman–Crippen LogP) is 3.39. The Morgan fingerprint density at radius 3 is 2.71 bits per heavy atom. The fourth-order valence-electron chi connectivity index (χ4n) is 2.97. The number of H-pyrrole nitrogens is 1. The van der Waals surface area contributed by atoms with Gasteiger partial charge < -0.3 is 9.88 Å². The topological polar surface area (TPSA) is 49.0 Å². The molecular weight excluding hydrogens is 312 g/mol. The lowest BCUT2D eigenvalue weighted by atomic mass is 9.98. The molecule has 122 valence electrons. The van der Waals surface area contributed by atoms with Crippen molar-refractivity contribution < 1.29 is 13.6 Å². The van der Waals surface area contributed by atoms with Crippen LogP contribution in [0.3, 0.4) is 0 Å². The van der Waals surface area contributed by atoms with Crippen molar-refractivity contribution in [2.45, 2.75) is 12.8 Å². The van der Waals surface area contributed by atoms with Gasteiger partial charge in [0, 0.05) is 18.7 Å². The highest BCUT2D eigenvalue weighted by atomic mass is 19.2. The molecule has 0 bridgehead atoms. The zero-order chi connectivity index (χ0) is 16.8. The van der Waals surface area contributed by atoms with Crippen LogP contribution in [0.25, 0.3) is 11.0 Å². The number of halogens is 2. The average Bonchev–Trinajstić information content (AvgIpc) is 2.90. The van der Waals surface area contributed by atoms with Crippen molar-refractivity contribution in [3.63, 3.8) is 0 Å². The average molecular weight is 327 g/mol. The van der Waals surface area contributed by atoms with E-state index in [4.69, 9.17) is 0 Å². The van der Waals surface area contributed by atoms with Crippen molar-refractivity contribution in [2.24, 2.45) is 0 Å². The second-order valence-corrected chi connectivity index (χ2v) is 6.18. The molecular formula is C18H15F2N3O. The van der Waals surface area contributed by atoms with E-state index in [0.29, 0.717) is 13.1 Å². The molecule has 3 aromatic rings. The first-order chi connectivity index (χ1) is 11.5. The largest absolute Gasteiger partial charge is 0.342 e. The fourth-order valence-corrected chi connectivity index (χ4v) is 2.97. The maximum Gasteiger partial charge on any atom is 0.254 e. The predicted molar refractivity (Wildman–Crippen MR) is 85.8 cm³/mol. The number of carbonyl (C=O) groups excluding carboxylic acids is 1. The van der Waals surface area contributed by atoms with Gasteiger partial charge in [0.15, 0.2) is 11.6 Å². The van der Waals surface area contributed by atoms with Gasteiger partial charge >= 0.3 is 0 Å². The first-order valence-corrected chi connectivity index (χ1v) is 7.72. The van der Waals surface area contributed by atoms with Crippen LogP contribution in [0.1, 0.15) is 27.7 Å². The number of imidazole rings is 1. The molecule has 1 aliphatic rings. The van der Waals surface area contributed by atoms with Crippen LogP contribution in [-0.2, 0) is 0 Å². The molecule has 0 spiro atoms. The number of hydrogen-bond acceptors (Lipinski definition) is 2. The third kappa shape index (κ3) is 2.44. The molecule has 1 aromatic heterocycles. The van der Waals surface area contributed by atoms with E-state index in [-0.39, 0.29) is 17.4 Å². The van der Waals surface area contributed by atoms with Crippen LogP contribution in [0.5, 0.6) is 0 Å². The molecule has 6 heteroatoms. The van der Waals surface area contributed by atoms with Gasteiger partial charge in [-0.15, -0.1) is 0 Å². The van der Waals surface area contributed by atoms with E-state index in [2.05, 4.69) is 9.97 Å². The van der Waals surface area contributed by atoms with Gasteiger partial charge in [-0.3, -0.25) is 4.79 Å². The Morgan fingerprint density at radius 1 is 1.17 bits per heavy atom. The summed E-state index contributed by atoms with van der Waals surface area (Å²) in [6.07, 6.45) is 0. The molecule has 0 radical (unpaired) electrons. The summed E-state index contributed by atoms with van der Waals surface area (Å²) in [6.45, 7) is 3.04. The summed E-state index contributed by atoms with van der Waals surface area (Å²) in [7, 11) is 0. The molecule has 2 heterocycles. The van der Waals surface area contributed by atoms with Gasteiger partial charge in [-0.25, -0.2) is 13.8 Å². The highest BCUT2D eigenvalue weighted by Gasteiger charge is 2.34. The van der Waals surface area contributed by atoms with Crippen LogP contribution in [0, 0.1) is 18.6 Å². The summed E-state index contributed by atoms with van der Waals surface area (Å²) in [6, 6.07) is 9.23. The van der Waals surface area contributed by atoms with E-state index in [1.807, 2.05) is 25.1 Å². The van der Waals surface area contributed by atoms with Gasteiger partial charge in [0.25, 0.3) is 5.91 Å². The summed E-state index contributed by atoms with van der Waals surface area (Å²) in [4.78, 5) is 21.8. The first kappa shape index (κ1) is 14.8. The highest BCUT2D eigenvalue weighted by molar-refractivity contribution is 5.94. The third-order valence-corrected chi connectivity index (χ3v) is 4.38. The first-order valence-electron chi connectivity index (χ1n) is 7.72. The third-order valence-electron chi connectivity index (χ3n) is 4.38.